The number of rotatable bonds is 7. The first-order valence-corrected chi connectivity index (χ1v) is 8.44. The van der Waals surface area contributed by atoms with Gasteiger partial charge < -0.3 is 0 Å². The van der Waals surface area contributed by atoms with Gasteiger partial charge >= 0.3 is 0 Å². The Kier molecular flexibility index (Phi) is 6.23. The average Bonchev–Trinajstić information content (AvgIpc) is 2.44. The Labute approximate surface area is 120 Å². The largest absolute Gasteiger partial charge is 0.260 e. The Hall–Kier alpha value is -0.650. The van der Waals surface area contributed by atoms with Crippen molar-refractivity contribution >= 4 is 21.6 Å². The van der Waals surface area contributed by atoms with Gasteiger partial charge in [-0.15, -0.1) is 11.6 Å². The van der Waals surface area contributed by atoms with Crippen molar-refractivity contribution in [3.8, 4) is 0 Å². The monoisotopic (exact) mass is 304 g/mol. The predicted molar refractivity (Wildman–Crippen MR) is 77.7 cm³/mol. The van der Waals surface area contributed by atoms with Gasteiger partial charge in [-0.25, -0.2) is 13.4 Å². The SMILES string of the molecule is CCC(C)CN(CC)S(=O)(=O)c1ccc(CCl)cn1. The standard InChI is InChI=1S/C13H21ClN2O2S/c1-4-11(3)10-16(5-2)19(17,18)13-7-6-12(8-14)9-15-13/h6-7,9,11H,4-5,8,10H2,1-3H3. The summed E-state index contributed by atoms with van der Waals surface area (Å²) in [5, 5.41) is 0.0894. The molecule has 0 amide bonds. The molecule has 1 atom stereocenters. The molecular weight excluding hydrogens is 284 g/mol. The third kappa shape index (κ3) is 4.16. The van der Waals surface area contributed by atoms with Crippen molar-refractivity contribution in [2.75, 3.05) is 13.1 Å². The van der Waals surface area contributed by atoms with Crippen LogP contribution in [0.5, 0.6) is 0 Å². The molecule has 0 N–H and O–H groups in total. The van der Waals surface area contributed by atoms with Gasteiger partial charge in [-0.3, -0.25) is 0 Å². The molecule has 0 radical (unpaired) electrons. The summed E-state index contributed by atoms with van der Waals surface area (Å²) in [6.07, 6.45) is 2.46. The van der Waals surface area contributed by atoms with Gasteiger partial charge in [0, 0.05) is 25.2 Å². The van der Waals surface area contributed by atoms with E-state index in [9.17, 15) is 8.42 Å². The molecule has 1 unspecified atom stereocenters. The Balaban J connectivity index is 2.99. The fraction of sp³-hybridized carbons (Fsp3) is 0.615. The lowest BCUT2D eigenvalue weighted by Crippen LogP contribution is -2.35. The van der Waals surface area contributed by atoms with Gasteiger partial charge in [0.15, 0.2) is 5.03 Å². The fourth-order valence-corrected chi connectivity index (χ4v) is 3.29. The molecule has 0 saturated carbocycles. The highest BCUT2D eigenvalue weighted by Crippen LogP contribution is 2.16. The van der Waals surface area contributed by atoms with Crippen molar-refractivity contribution in [1.82, 2.24) is 9.29 Å². The number of nitrogens with zero attached hydrogens (tertiary/aromatic N) is 2. The third-order valence-electron chi connectivity index (χ3n) is 3.12. The van der Waals surface area contributed by atoms with Gasteiger partial charge in [0.05, 0.1) is 0 Å². The molecule has 0 aromatic carbocycles. The molecule has 1 aromatic rings. The first kappa shape index (κ1) is 16.4. The maximum absolute atomic E-state index is 12.4. The average molecular weight is 305 g/mol. The van der Waals surface area contributed by atoms with Crippen LogP contribution in [0.15, 0.2) is 23.4 Å². The Morgan fingerprint density at radius 1 is 1.37 bits per heavy atom. The molecule has 0 aliphatic rings. The van der Waals surface area contributed by atoms with Crippen LogP contribution in [0.4, 0.5) is 0 Å². The van der Waals surface area contributed by atoms with E-state index in [1.807, 2.05) is 13.8 Å². The summed E-state index contributed by atoms with van der Waals surface area (Å²) < 4.78 is 26.4. The zero-order chi connectivity index (χ0) is 14.5. The number of halogens is 1. The fourth-order valence-electron chi connectivity index (χ4n) is 1.65. The first-order chi connectivity index (χ1) is 8.95. The van der Waals surface area contributed by atoms with E-state index in [0.717, 1.165) is 12.0 Å². The van der Waals surface area contributed by atoms with Gasteiger partial charge in [0.25, 0.3) is 10.0 Å². The summed E-state index contributed by atoms with van der Waals surface area (Å²) in [6.45, 7) is 6.91. The molecule has 1 heterocycles. The summed E-state index contributed by atoms with van der Waals surface area (Å²) in [4.78, 5) is 4.01. The molecule has 1 aromatic heterocycles. The van der Waals surface area contributed by atoms with E-state index in [0.29, 0.717) is 24.9 Å². The lowest BCUT2D eigenvalue weighted by atomic mass is 10.1. The highest BCUT2D eigenvalue weighted by Gasteiger charge is 2.25. The van der Waals surface area contributed by atoms with E-state index in [-0.39, 0.29) is 5.03 Å². The van der Waals surface area contributed by atoms with Crippen molar-refractivity contribution in [2.45, 2.75) is 38.1 Å². The number of hydrogen-bond acceptors (Lipinski definition) is 3. The van der Waals surface area contributed by atoms with Crippen LogP contribution in [-0.2, 0) is 15.9 Å². The zero-order valence-electron chi connectivity index (χ0n) is 11.6. The Morgan fingerprint density at radius 2 is 2.05 bits per heavy atom. The summed E-state index contributed by atoms with van der Waals surface area (Å²) in [7, 11) is -3.50. The minimum absolute atomic E-state index is 0.0894. The van der Waals surface area contributed by atoms with Gasteiger partial charge in [0.2, 0.25) is 0 Å². The summed E-state index contributed by atoms with van der Waals surface area (Å²) in [5.41, 5.74) is 0.811. The van der Waals surface area contributed by atoms with Crippen molar-refractivity contribution in [1.29, 1.82) is 0 Å². The van der Waals surface area contributed by atoms with E-state index >= 15 is 0 Å². The lowest BCUT2D eigenvalue weighted by molar-refractivity contribution is 0.360. The van der Waals surface area contributed by atoms with Crippen molar-refractivity contribution in [3.63, 3.8) is 0 Å². The minimum atomic E-state index is -3.50. The van der Waals surface area contributed by atoms with Gasteiger partial charge in [0.1, 0.15) is 0 Å². The Bertz CT molecular complexity index is 488. The molecule has 0 aliphatic carbocycles. The lowest BCUT2D eigenvalue weighted by Gasteiger charge is -2.22. The molecule has 0 fully saturated rings. The smallest absolute Gasteiger partial charge is 0.243 e. The van der Waals surface area contributed by atoms with E-state index in [4.69, 9.17) is 11.6 Å². The predicted octanol–water partition coefficient (Wildman–Crippen LogP) is 2.88. The minimum Gasteiger partial charge on any atom is -0.243 e. The van der Waals surface area contributed by atoms with Gasteiger partial charge in [-0.05, 0) is 17.5 Å². The molecular formula is C13H21ClN2O2S. The van der Waals surface area contributed by atoms with Crippen LogP contribution in [0.3, 0.4) is 0 Å². The maximum atomic E-state index is 12.4. The summed E-state index contributed by atoms with van der Waals surface area (Å²) in [6, 6.07) is 3.22. The first-order valence-electron chi connectivity index (χ1n) is 6.46. The highest BCUT2D eigenvalue weighted by atomic mass is 35.5. The molecule has 0 aliphatic heterocycles. The van der Waals surface area contributed by atoms with E-state index in [1.54, 1.807) is 6.07 Å². The van der Waals surface area contributed by atoms with Crippen molar-refractivity contribution in [3.05, 3.63) is 23.9 Å². The van der Waals surface area contributed by atoms with Crippen LogP contribution < -0.4 is 0 Å². The normalized spacial score (nSPS) is 13.7. The van der Waals surface area contributed by atoms with Crippen molar-refractivity contribution in [2.24, 2.45) is 5.92 Å². The van der Waals surface area contributed by atoms with Crippen LogP contribution in [0.2, 0.25) is 0 Å². The molecule has 1 rings (SSSR count). The number of aromatic nitrogens is 1. The number of pyridine rings is 1. The number of hydrogen-bond donors (Lipinski definition) is 0. The topological polar surface area (TPSA) is 50.3 Å². The van der Waals surface area contributed by atoms with Crippen LogP contribution in [0.1, 0.15) is 32.8 Å². The van der Waals surface area contributed by atoms with E-state index < -0.39 is 10.0 Å². The van der Waals surface area contributed by atoms with Crippen LogP contribution >= 0.6 is 11.6 Å². The van der Waals surface area contributed by atoms with Crippen LogP contribution in [0, 0.1) is 5.92 Å². The molecule has 4 nitrogen and oxygen atoms in total. The second kappa shape index (κ2) is 7.22. The molecule has 0 saturated heterocycles. The second-order valence-corrected chi connectivity index (χ2v) is 6.76. The van der Waals surface area contributed by atoms with E-state index in [1.165, 1.54) is 16.6 Å². The third-order valence-corrected chi connectivity index (χ3v) is 5.29. The van der Waals surface area contributed by atoms with Crippen molar-refractivity contribution < 1.29 is 8.42 Å². The number of alkyl halides is 1. The van der Waals surface area contributed by atoms with E-state index in [2.05, 4.69) is 11.9 Å². The molecule has 0 bridgehead atoms. The summed E-state index contributed by atoms with van der Waals surface area (Å²) >= 11 is 5.67. The second-order valence-electron chi connectivity index (χ2n) is 4.61. The molecule has 19 heavy (non-hydrogen) atoms. The zero-order valence-corrected chi connectivity index (χ0v) is 13.2. The maximum Gasteiger partial charge on any atom is 0.260 e. The van der Waals surface area contributed by atoms with Gasteiger partial charge in [-0.2, -0.15) is 4.31 Å². The molecule has 6 heteroatoms. The quantitative estimate of drug-likeness (QED) is 0.728. The van der Waals surface area contributed by atoms with Crippen LogP contribution in [0.25, 0.3) is 0 Å². The van der Waals surface area contributed by atoms with Gasteiger partial charge in [-0.1, -0.05) is 33.3 Å². The summed E-state index contributed by atoms with van der Waals surface area (Å²) in [5.74, 6) is 0.661. The van der Waals surface area contributed by atoms with Crippen LogP contribution in [-0.4, -0.2) is 30.8 Å². The highest BCUT2D eigenvalue weighted by molar-refractivity contribution is 7.89. The number of sulfonamides is 1. The Morgan fingerprint density at radius 3 is 2.47 bits per heavy atom. The molecule has 108 valence electrons. The molecule has 0 spiro atoms.